The molecule has 0 aliphatic rings. The van der Waals surface area contributed by atoms with E-state index in [4.69, 9.17) is 4.42 Å². The number of hydrogen-bond acceptors (Lipinski definition) is 5. The number of sulfonamides is 1. The molecule has 9 heteroatoms. The third kappa shape index (κ3) is 4.16. The molecule has 0 fully saturated rings. The van der Waals surface area contributed by atoms with Gasteiger partial charge in [-0.05, 0) is 28.5 Å². The van der Waals surface area contributed by atoms with Crippen molar-refractivity contribution < 1.29 is 12.8 Å². The molecule has 0 spiro atoms. The Kier molecular flexibility index (Phi) is 5.20. The largest absolute Gasteiger partial charge is 0.452 e. The van der Waals surface area contributed by atoms with Crippen LogP contribution in [-0.2, 0) is 30.2 Å². The van der Waals surface area contributed by atoms with Gasteiger partial charge in [0.05, 0.1) is 18.8 Å². The van der Waals surface area contributed by atoms with Gasteiger partial charge < -0.3 is 9.73 Å². The minimum Gasteiger partial charge on any atom is -0.452 e. The van der Waals surface area contributed by atoms with Crippen molar-refractivity contribution in [1.82, 2.24) is 19.8 Å². The van der Waals surface area contributed by atoms with Gasteiger partial charge in [-0.2, -0.15) is 5.10 Å². The molecule has 116 valence electrons. The lowest BCUT2D eigenvalue weighted by molar-refractivity contribution is 0.464. The summed E-state index contributed by atoms with van der Waals surface area (Å²) in [5, 5.41) is 7.19. The van der Waals surface area contributed by atoms with Gasteiger partial charge in [0, 0.05) is 19.3 Å². The summed E-state index contributed by atoms with van der Waals surface area (Å²) in [7, 11) is -1.88. The van der Waals surface area contributed by atoms with Crippen LogP contribution in [0.2, 0.25) is 0 Å². The van der Waals surface area contributed by atoms with Crippen molar-refractivity contribution in [2.75, 3.05) is 6.54 Å². The fourth-order valence-corrected chi connectivity index (χ4v) is 3.72. The highest BCUT2D eigenvalue weighted by Gasteiger charge is 2.22. The van der Waals surface area contributed by atoms with Crippen LogP contribution in [0.4, 0.5) is 0 Å². The molecule has 0 amide bonds. The van der Waals surface area contributed by atoms with Gasteiger partial charge in [0.1, 0.15) is 10.7 Å². The molecule has 0 saturated heterocycles. The topological polar surface area (TPSA) is 89.2 Å². The summed E-state index contributed by atoms with van der Waals surface area (Å²) in [5.41, 5.74) is 0.647. The molecular weight excluding hydrogens is 360 g/mol. The number of halogens is 1. The maximum atomic E-state index is 12.3. The third-order valence-electron chi connectivity index (χ3n) is 2.76. The highest BCUT2D eigenvalue weighted by Crippen LogP contribution is 2.26. The van der Waals surface area contributed by atoms with E-state index in [0.717, 1.165) is 6.54 Å². The van der Waals surface area contributed by atoms with Crippen molar-refractivity contribution in [3.05, 3.63) is 34.5 Å². The van der Waals surface area contributed by atoms with E-state index >= 15 is 0 Å². The second-order valence-electron chi connectivity index (χ2n) is 4.44. The Labute approximate surface area is 131 Å². The predicted molar refractivity (Wildman–Crippen MR) is 81.0 cm³/mol. The summed E-state index contributed by atoms with van der Waals surface area (Å²) in [6.45, 7) is 3.34. The molecule has 21 heavy (non-hydrogen) atoms. The summed E-state index contributed by atoms with van der Waals surface area (Å²) >= 11 is 3.14. The van der Waals surface area contributed by atoms with E-state index in [1.54, 1.807) is 24.0 Å². The van der Waals surface area contributed by atoms with Crippen LogP contribution in [0, 0.1) is 0 Å². The van der Waals surface area contributed by atoms with Crippen LogP contribution in [0.3, 0.4) is 0 Å². The molecule has 2 aromatic heterocycles. The maximum absolute atomic E-state index is 12.3. The average Bonchev–Trinajstić information content (AvgIpc) is 3.00. The minimum absolute atomic E-state index is 0.0892. The molecular formula is C12H17BrN4O3S. The summed E-state index contributed by atoms with van der Waals surface area (Å²) in [6.07, 6.45) is 1.76. The molecule has 0 aromatic carbocycles. The second-order valence-corrected chi connectivity index (χ2v) is 6.89. The minimum atomic E-state index is -3.65. The van der Waals surface area contributed by atoms with Crippen molar-refractivity contribution >= 4 is 26.0 Å². The fraction of sp³-hybridized carbons (Fsp3) is 0.417. The van der Waals surface area contributed by atoms with Crippen molar-refractivity contribution in [3.63, 3.8) is 0 Å². The normalized spacial score (nSPS) is 12.0. The average molecular weight is 377 g/mol. The van der Waals surface area contributed by atoms with E-state index in [2.05, 4.69) is 31.1 Å². The van der Waals surface area contributed by atoms with Gasteiger partial charge in [0.15, 0.2) is 4.67 Å². The molecule has 7 nitrogen and oxygen atoms in total. The number of hydrogen-bond donors (Lipinski definition) is 2. The summed E-state index contributed by atoms with van der Waals surface area (Å²) in [6, 6.07) is 3.26. The molecule has 0 saturated carbocycles. The zero-order valence-electron chi connectivity index (χ0n) is 11.8. The zero-order valence-corrected chi connectivity index (χ0v) is 14.2. The molecule has 0 aliphatic heterocycles. The number of aromatic nitrogens is 2. The Morgan fingerprint density at radius 2 is 2.19 bits per heavy atom. The Morgan fingerprint density at radius 3 is 2.81 bits per heavy atom. The van der Waals surface area contributed by atoms with E-state index in [1.807, 2.05) is 6.92 Å². The van der Waals surface area contributed by atoms with Gasteiger partial charge in [-0.15, -0.1) is 0 Å². The lowest BCUT2D eigenvalue weighted by Crippen LogP contribution is -2.23. The van der Waals surface area contributed by atoms with Crippen LogP contribution >= 0.6 is 15.9 Å². The number of aryl methyl sites for hydroxylation is 1. The van der Waals surface area contributed by atoms with Crippen molar-refractivity contribution in [2.24, 2.45) is 7.05 Å². The molecule has 0 unspecified atom stereocenters. The molecule has 0 aliphatic carbocycles. The van der Waals surface area contributed by atoms with E-state index in [9.17, 15) is 8.42 Å². The van der Waals surface area contributed by atoms with Crippen LogP contribution < -0.4 is 10.0 Å². The van der Waals surface area contributed by atoms with Crippen LogP contribution in [-0.4, -0.2) is 24.7 Å². The first-order chi connectivity index (χ1) is 9.92. The first-order valence-electron chi connectivity index (χ1n) is 6.39. The van der Waals surface area contributed by atoms with Crippen LogP contribution in [0.25, 0.3) is 0 Å². The molecule has 2 rings (SSSR count). The van der Waals surface area contributed by atoms with E-state index in [0.29, 0.717) is 18.0 Å². The highest BCUT2D eigenvalue weighted by atomic mass is 79.9. The van der Waals surface area contributed by atoms with Gasteiger partial charge in [-0.1, -0.05) is 6.92 Å². The molecule has 0 atom stereocenters. The van der Waals surface area contributed by atoms with E-state index in [1.165, 1.54) is 6.07 Å². The first kappa shape index (κ1) is 16.2. The number of furan rings is 1. The Morgan fingerprint density at radius 1 is 1.43 bits per heavy atom. The highest BCUT2D eigenvalue weighted by molar-refractivity contribution is 9.10. The van der Waals surface area contributed by atoms with E-state index in [-0.39, 0.29) is 16.1 Å². The smallest absolute Gasteiger partial charge is 0.245 e. The SMILES string of the molecule is CCNCc1cc(S(=O)(=O)NCc2ccn(C)n2)c(Br)o1. The Hall–Kier alpha value is -1.16. The van der Waals surface area contributed by atoms with Crippen LogP contribution in [0.5, 0.6) is 0 Å². The summed E-state index contributed by atoms with van der Waals surface area (Å²) < 4.78 is 34.2. The Bertz CT molecular complexity index is 708. The summed E-state index contributed by atoms with van der Waals surface area (Å²) in [4.78, 5) is 0.0892. The number of nitrogens with one attached hydrogen (secondary N) is 2. The van der Waals surface area contributed by atoms with Crippen LogP contribution in [0.15, 0.2) is 32.3 Å². The second kappa shape index (κ2) is 6.73. The molecule has 2 N–H and O–H groups in total. The molecule has 2 heterocycles. The van der Waals surface area contributed by atoms with Crippen LogP contribution in [0.1, 0.15) is 18.4 Å². The fourth-order valence-electron chi connectivity index (χ4n) is 1.72. The predicted octanol–water partition coefficient (Wildman–Crippen LogP) is 1.36. The molecule has 0 bridgehead atoms. The Balaban J connectivity index is 2.09. The molecule has 0 radical (unpaired) electrons. The monoisotopic (exact) mass is 376 g/mol. The lowest BCUT2D eigenvalue weighted by atomic mass is 10.4. The van der Waals surface area contributed by atoms with Gasteiger partial charge >= 0.3 is 0 Å². The van der Waals surface area contributed by atoms with Gasteiger partial charge in [0.2, 0.25) is 10.0 Å². The zero-order chi connectivity index (χ0) is 15.5. The summed E-state index contributed by atoms with van der Waals surface area (Å²) in [5.74, 6) is 0.557. The maximum Gasteiger partial charge on any atom is 0.245 e. The quantitative estimate of drug-likeness (QED) is 0.761. The number of nitrogens with zero attached hydrogens (tertiary/aromatic N) is 2. The van der Waals surface area contributed by atoms with Gasteiger partial charge in [0.25, 0.3) is 0 Å². The third-order valence-corrected chi connectivity index (χ3v) is 5.02. The van der Waals surface area contributed by atoms with Crippen molar-refractivity contribution in [1.29, 1.82) is 0 Å². The first-order valence-corrected chi connectivity index (χ1v) is 8.67. The number of rotatable bonds is 7. The van der Waals surface area contributed by atoms with Gasteiger partial charge in [-0.3, -0.25) is 4.68 Å². The van der Waals surface area contributed by atoms with Crippen molar-refractivity contribution in [3.8, 4) is 0 Å². The molecule has 2 aromatic rings. The van der Waals surface area contributed by atoms with Crippen molar-refractivity contribution in [2.45, 2.75) is 24.9 Å². The van der Waals surface area contributed by atoms with Gasteiger partial charge in [-0.25, -0.2) is 13.1 Å². The standard InChI is InChI=1S/C12H17BrN4O3S/c1-3-14-8-10-6-11(12(13)20-10)21(18,19)15-7-9-4-5-17(2)16-9/h4-6,14-15H,3,7-8H2,1-2H3. The lowest BCUT2D eigenvalue weighted by Gasteiger charge is -2.02. The van der Waals surface area contributed by atoms with E-state index < -0.39 is 10.0 Å².